The van der Waals surface area contributed by atoms with Crippen molar-refractivity contribution in [2.24, 2.45) is 5.73 Å². The van der Waals surface area contributed by atoms with Gasteiger partial charge in [-0.2, -0.15) is 9.78 Å². The Morgan fingerprint density at radius 3 is 2.65 bits per heavy atom. The minimum atomic E-state index is -0.571. The van der Waals surface area contributed by atoms with Gasteiger partial charge in [0.15, 0.2) is 0 Å². The van der Waals surface area contributed by atoms with Crippen LogP contribution in [0, 0.1) is 0 Å². The average Bonchev–Trinajstić information content (AvgIpc) is 3.10. The number of anilines is 1. The van der Waals surface area contributed by atoms with E-state index in [0.717, 1.165) is 34.8 Å². The molecule has 1 fully saturated rings. The van der Waals surface area contributed by atoms with E-state index >= 15 is 0 Å². The Labute approximate surface area is 117 Å². The van der Waals surface area contributed by atoms with Crippen molar-refractivity contribution in [3.05, 3.63) is 41.9 Å². The van der Waals surface area contributed by atoms with Gasteiger partial charge in [0.05, 0.1) is 5.69 Å². The number of amides is 1. The fourth-order valence-corrected chi connectivity index (χ4v) is 2.44. The highest BCUT2D eigenvalue weighted by Gasteiger charge is 2.13. The standard InChI is InChI=1S/C14H17N5O/c15-14(20)19-8-5-12(17-19)9-11-3-4-13(16-10-11)18-6-1-2-7-18/h3-5,8,10H,1-2,6-7,9H2,(H2,15,20). The SMILES string of the molecule is NC(=O)n1ccc(Cc2ccc(N3CCCC3)nc2)n1. The first kappa shape index (κ1) is 12.7. The Hall–Kier alpha value is -2.37. The normalized spacial score (nSPS) is 14.7. The van der Waals surface area contributed by atoms with E-state index in [2.05, 4.69) is 21.0 Å². The molecular weight excluding hydrogens is 254 g/mol. The number of carbonyl (C=O) groups is 1. The van der Waals surface area contributed by atoms with Crippen molar-refractivity contribution in [2.45, 2.75) is 19.3 Å². The average molecular weight is 271 g/mol. The molecule has 6 heteroatoms. The van der Waals surface area contributed by atoms with Crippen LogP contribution in [0.4, 0.5) is 10.6 Å². The van der Waals surface area contributed by atoms with Crippen molar-refractivity contribution in [1.82, 2.24) is 14.8 Å². The first-order chi connectivity index (χ1) is 9.72. The van der Waals surface area contributed by atoms with Crippen LogP contribution in [0.2, 0.25) is 0 Å². The van der Waals surface area contributed by atoms with Gasteiger partial charge in [0, 0.05) is 31.9 Å². The van der Waals surface area contributed by atoms with Crippen LogP contribution in [0.25, 0.3) is 0 Å². The van der Waals surface area contributed by atoms with Gasteiger partial charge in [-0.3, -0.25) is 0 Å². The topological polar surface area (TPSA) is 77.0 Å². The summed E-state index contributed by atoms with van der Waals surface area (Å²) in [6.45, 7) is 2.19. The molecule has 2 aromatic heterocycles. The molecule has 1 aliphatic rings. The summed E-state index contributed by atoms with van der Waals surface area (Å²) in [6, 6.07) is 5.33. The molecule has 1 aliphatic heterocycles. The predicted octanol–water partition coefficient (Wildman–Crippen LogP) is 1.40. The van der Waals surface area contributed by atoms with Gasteiger partial charge in [-0.15, -0.1) is 0 Å². The Kier molecular flexibility index (Phi) is 3.37. The van der Waals surface area contributed by atoms with Gasteiger partial charge >= 0.3 is 6.03 Å². The van der Waals surface area contributed by atoms with Gasteiger partial charge in [0.25, 0.3) is 0 Å². The van der Waals surface area contributed by atoms with E-state index in [9.17, 15) is 4.79 Å². The van der Waals surface area contributed by atoms with Crippen LogP contribution in [0.15, 0.2) is 30.6 Å². The maximum absolute atomic E-state index is 11.0. The van der Waals surface area contributed by atoms with Gasteiger partial charge in [0.2, 0.25) is 0 Å². The summed E-state index contributed by atoms with van der Waals surface area (Å²) in [4.78, 5) is 17.8. The number of carbonyl (C=O) groups excluding carboxylic acids is 1. The number of primary amides is 1. The van der Waals surface area contributed by atoms with Crippen LogP contribution in [0.3, 0.4) is 0 Å². The quantitative estimate of drug-likeness (QED) is 0.915. The molecule has 2 aromatic rings. The van der Waals surface area contributed by atoms with Crippen molar-refractivity contribution in [2.75, 3.05) is 18.0 Å². The lowest BCUT2D eigenvalue weighted by molar-refractivity contribution is 0.247. The number of pyridine rings is 1. The number of nitrogens with zero attached hydrogens (tertiary/aromatic N) is 4. The third kappa shape index (κ3) is 2.64. The molecule has 20 heavy (non-hydrogen) atoms. The van der Waals surface area contributed by atoms with Crippen LogP contribution in [-0.4, -0.2) is 33.9 Å². The first-order valence-electron chi connectivity index (χ1n) is 6.76. The van der Waals surface area contributed by atoms with Crippen LogP contribution in [-0.2, 0) is 6.42 Å². The lowest BCUT2D eigenvalue weighted by Crippen LogP contribution is -2.20. The van der Waals surface area contributed by atoms with E-state index in [4.69, 9.17) is 5.73 Å². The zero-order valence-corrected chi connectivity index (χ0v) is 11.2. The predicted molar refractivity (Wildman–Crippen MR) is 75.7 cm³/mol. The molecule has 0 bridgehead atoms. The third-order valence-electron chi connectivity index (χ3n) is 3.49. The van der Waals surface area contributed by atoms with Crippen molar-refractivity contribution in [1.29, 1.82) is 0 Å². The van der Waals surface area contributed by atoms with E-state index in [1.54, 1.807) is 12.3 Å². The zero-order valence-electron chi connectivity index (χ0n) is 11.2. The first-order valence-corrected chi connectivity index (χ1v) is 6.76. The van der Waals surface area contributed by atoms with Crippen molar-refractivity contribution >= 4 is 11.8 Å². The molecule has 6 nitrogen and oxygen atoms in total. The van der Waals surface area contributed by atoms with Gasteiger partial charge in [-0.25, -0.2) is 9.78 Å². The molecule has 0 spiro atoms. The van der Waals surface area contributed by atoms with Gasteiger partial charge in [0.1, 0.15) is 5.82 Å². The third-order valence-corrected chi connectivity index (χ3v) is 3.49. The fraction of sp³-hybridized carbons (Fsp3) is 0.357. The second-order valence-electron chi connectivity index (χ2n) is 4.99. The Morgan fingerprint density at radius 2 is 2.05 bits per heavy atom. The molecule has 0 saturated carbocycles. The molecular formula is C14H17N5O. The Bertz CT molecular complexity index is 598. The largest absolute Gasteiger partial charge is 0.357 e. The summed E-state index contributed by atoms with van der Waals surface area (Å²) >= 11 is 0. The van der Waals surface area contributed by atoms with E-state index in [0.29, 0.717) is 6.42 Å². The number of hydrogen-bond donors (Lipinski definition) is 1. The molecule has 2 N–H and O–H groups in total. The number of nitrogens with two attached hydrogens (primary N) is 1. The molecule has 0 aliphatic carbocycles. The monoisotopic (exact) mass is 271 g/mol. The molecule has 0 unspecified atom stereocenters. The van der Waals surface area contributed by atoms with E-state index < -0.39 is 6.03 Å². The van der Waals surface area contributed by atoms with Crippen LogP contribution >= 0.6 is 0 Å². The molecule has 3 heterocycles. The van der Waals surface area contributed by atoms with Gasteiger partial charge in [-0.1, -0.05) is 6.07 Å². The van der Waals surface area contributed by atoms with E-state index in [1.807, 2.05) is 12.3 Å². The van der Waals surface area contributed by atoms with Crippen molar-refractivity contribution in [3.63, 3.8) is 0 Å². The second kappa shape index (κ2) is 5.32. The summed E-state index contributed by atoms with van der Waals surface area (Å²) in [6.07, 6.45) is 6.58. The highest BCUT2D eigenvalue weighted by Crippen LogP contribution is 2.18. The Morgan fingerprint density at radius 1 is 1.25 bits per heavy atom. The molecule has 0 aromatic carbocycles. The molecule has 104 valence electrons. The van der Waals surface area contributed by atoms with E-state index in [1.165, 1.54) is 12.8 Å². The van der Waals surface area contributed by atoms with Gasteiger partial charge < -0.3 is 10.6 Å². The summed E-state index contributed by atoms with van der Waals surface area (Å²) in [5.41, 5.74) is 7.03. The van der Waals surface area contributed by atoms with Crippen LogP contribution < -0.4 is 10.6 Å². The summed E-state index contributed by atoms with van der Waals surface area (Å²) in [5.74, 6) is 1.04. The van der Waals surface area contributed by atoms with Crippen LogP contribution in [0.1, 0.15) is 24.1 Å². The molecule has 0 atom stereocenters. The number of aromatic nitrogens is 3. The number of hydrogen-bond acceptors (Lipinski definition) is 4. The molecule has 0 radical (unpaired) electrons. The maximum atomic E-state index is 11.0. The van der Waals surface area contributed by atoms with Crippen LogP contribution in [0.5, 0.6) is 0 Å². The zero-order chi connectivity index (χ0) is 13.9. The minimum Gasteiger partial charge on any atom is -0.357 e. The highest BCUT2D eigenvalue weighted by molar-refractivity contribution is 5.73. The lowest BCUT2D eigenvalue weighted by Gasteiger charge is -2.16. The summed E-state index contributed by atoms with van der Waals surface area (Å²) in [5, 5.41) is 4.11. The van der Waals surface area contributed by atoms with Gasteiger partial charge in [-0.05, 0) is 30.5 Å². The highest BCUT2D eigenvalue weighted by atomic mass is 16.2. The van der Waals surface area contributed by atoms with Crippen molar-refractivity contribution < 1.29 is 4.79 Å². The molecule has 1 saturated heterocycles. The summed E-state index contributed by atoms with van der Waals surface area (Å²) < 4.78 is 1.14. The fourth-order valence-electron chi connectivity index (χ4n) is 2.44. The van der Waals surface area contributed by atoms with E-state index in [-0.39, 0.29) is 0 Å². The Balaban J connectivity index is 1.69. The minimum absolute atomic E-state index is 0.571. The maximum Gasteiger partial charge on any atom is 0.339 e. The molecule has 1 amide bonds. The lowest BCUT2D eigenvalue weighted by atomic mass is 10.1. The smallest absolute Gasteiger partial charge is 0.339 e. The second-order valence-corrected chi connectivity index (χ2v) is 4.99. The molecule has 3 rings (SSSR count). The van der Waals surface area contributed by atoms with Crippen molar-refractivity contribution in [3.8, 4) is 0 Å². The summed E-state index contributed by atoms with van der Waals surface area (Å²) in [7, 11) is 0. The number of rotatable bonds is 3.